The van der Waals surface area contributed by atoms with Gasteiger partial charge in [0.15, 0.2) is 0 Å². The predicted octanol–water partition coefficient (Wildman–Crippen LogP) is 3.65. The Hall–Kier alpha value is 0.140. The summed E-state index contributed by atoms with van der Waals surface area (Å²) in [6.45, 7) is 4.13. The number of hydrogen-bond acceptors (Lipinski definition) is 2. The third-order valence-corrected chi connectivity index (χ3v) is 3.77. The maximum absolute atomic E-state index is 9.70. The molecule has 0 aromatic carbocycles. The van der Waals surface area contributed by atoms with Gasteiger partial charge >= 0.3 is 0 Å². The van der Waals surface area contributed by atoms with E-state index in [1.165, 1.54) is 4.88 Å². The summed E-state index contributed by atoms with van der Waals surface area (Å²) in [6, 6.07) is 2.05. The van der Waals surface area contributed by atoms with Crippen LogP contribution in [0.2, 0.25) is 0 Å². The fraction of sp³-hybridized carbons (Fsp3) is 0.556. The SMILES string of the molecule is CCCC(O)c1sc(C)cc1Br. The van der Waals surface area contributed by atoms with E-state index in [-0.39, 0.29) is 6.10 Å². The number of aryl methyl sites for hydroxylation is 1. The van der Waals surface area contributed by atoms with E-state index in [1.54, 1.807) is 11.3 Å². The lowest BCUT2D eigenvalue weighted by atomic mass is 10.2. The molecule has 1 heterocycles. The van der Waals surface area contributed by atoms with Crippen LogP contribution in [0, 0.1) is 6.92 Å². The summed E-state index contributed by atoms with van der Waals surface area (Å²) in [7, 11) is 0. The fourth-order valence-electron chi connectivity index (χ4n) is 1.13. The summed E-state index contributed by atoms with van der Waals surface area (Å²) in [5.41, 5.74) is 0. The molecule has 1 aromatic rings. The van der Waals surface area contributed by atoms with Gasteiger partial charge in [-0.2, -0.15) is 0 Å². The van der Waals surface area contributed by atoms with Crippen LogP contribution in [0.25, 0.3) is 0 Å². The summed E-state index contributed by atoms with van der Waals surface area (Å²) >= 11 is 5.10. The molecule has 0 spiro atoms. The van der Waals surface area contributed by atoms with Gasteiger partial charge in [0.2, 0.25) is 0 Å². The molecule has 1 nitrogen and oxygen atoms in total. The Labute approximate surface area is 85.6 Å². The lowest BCUT2D eigenvalue weighted by Gasteiger charge is -2.06. The molecule has 0 aliphatic carbocycles. The molecular formula is C9H13BrOS. The Kier molecular flexibility index (Phi) is 3.75. The van der Waals surface area contributed by atoms with Gasteiger partial charge in [0, 0.05) is 14.2 Å². The summed E-state index contributed by atoms with van der Waals surface area (Å²) in [6.07, 6.45) is 1.58. The van der Waals surface area contributed by atoms with Crippen molar-refractivity contribution in [1.29, 1.82) is 0 Å². The molecule has 0 aliphatic heterocycles. The average molecular weight is 249 g/mol. The minimum atomic E-state index is -0.289. The van der Waals surface area contributed by atoms with Gasteiger partial charge in [0.05, 0.1) is 6.10 Å². The highest BCUT2D eigenvalue weighted by Gasteiger charge is 2.12. The van der Waals surface area contributed by atoms with E-state index in [9.17, 15) is 5.11 Å². The first-order chi connectivity index (χ1) is 5.65. The van der Waals surface area contributed by atoms with Gasteiger partial charge in [-0.25, -0.2) is 0 Å². The molecule has 1 N–H and O–H groups in total. The second-order valence-corrected chi connectivity index (χ2v) is 5.02. The zero-order valence-corrected chi connectivity index (χ0v) is 9.70. The van der Waals surface area contributed by atoms with Crippen molar-refractivity contribution < 1.29 is 5.11 Å². The van der Waals surface area contributed by atoms with Gasteiger partial charge in [0.25, 0.3) is 0 Å². The maximum Gasteiger partial charge on any atom is 0.0893 e. The van der Waals surface area contributed by atoms with E-state index in [1.807, 2.05) is 0 Å². The van der Waals surface area contributed by atoms with Crippen molar-refractivity contribution >= 4 is 27.3 Å². The van der Waals surface area contributed by atoms with Gasteiger partial charge in [-0.1, -0.05) is 13.3 Å². The van der Waals surface area contributed by atoms with Crippen molar-refractivity contribution in [3.8, 4) is 0 Å². The lowest BCUT2D eigenvalue weighted by Crippen LogP contribution is -1.93. The first-order valence-electron chi connectivity index (χ1n) is 4.09. The summed E-state index contributed by atoms with van der Waals surface area (Å²) in [5.74, 6) is 0. The van der Waals surface area contributed by atoms with Crippen LogP contribution >= 0.6 is 27.3 Å². The van der Waals surface area contributed by atoms with E-state index in [4.69, 9.17) is 0 Å². The smallest absolute Gasteiger partial charge is 0.0893 e. The number of halogens is 1. The highest BCUT2D eigenvalue weighted by atomic mass is 79.9. The zero-order chi connectivity index (χ0) is 9.14. The zero-order valence-electron chi connectivity index (χ0n) is 7.30. The van der Waals surface area contributed by atoms with E-state index < -0.39 is 0 Å². The second kappa shape index (κ2) is 4.40. The summed E-state index contributed by atoms with van der Waals surface area (Å²) < 4.78 is 1.05. The van der Waals surface area contributed by atoms with Crippen LogP contribution in [0.4, 0.5) is 0 Å². The topological polar surface area (TPSA) is 20.2 Å². The van der Waals surface area contributed by atoms with Crippen LogP contribution < -0.4 is 0 Å². The molecule has 0 saturated heterocycles. The van der Waals surface area contributed by atoms with E-state index in [0.29, 0.717) is 0 Å². The number of rotatable bonds is 3. The van der Waals surface area contributed by atoms with Gasteiger partial charge in [-0.15, -0.1) is 11.3 Å². The summed E-state index contributed by atoms with van der Waals surface area (Å²) in [5, 5.41) is 9.70. The Bertz CT molecular complexity index is 257. The minimum Gasteiger partial charge on any atom is -0.388 e. The Morgan fingerprint density at radius 1 is 1.67 bits per heavy atom. The third kappa shape index (κ3) is 2.31. The Morgan fingerprint density at radius 3 is 2.75 bits per heavy atom. The number of aliphatic hydroxyl groups excluding tert-OH is 1. The first-order valence-corrected chi connectivity index (χ1v) is 5.70. The van der Waals surface area contributed by atoms with Crippen molar-refractivity contribution in [3.63, 3.8) is 0 Å². The van der Waals surface area contributed by atoms with Crippen molar-refractivity contribution in [2.24, 2.45) is 0 Å². The van der Waals surface area contributed by atoms with Crippen molar-refractivity contribution in [2.75, 3.05) is 0 Å². The van der Waals surface area contributed by atoms with Crippen LogP contribution in [0.5, 0.6) is 0 Å². The molecule has 0 aliphatic rings. The molecule has 0 amide bonds. The van der Waals surface area contributed by atoms with Crippen LogP contribution in [-0.4, -0.2) is 5.11 Å². The molecule has 1 atom stereocenters. The molecular weight excluding hydrogens is 236 g/mol. The Morgan fingerprint density at radius 2 is 2.33 bits per heavy atom. The molecule has 0 radical (unpaired) electrons. The van der Waals surface area contributed by atoms with Gasteiger partial charge in [-0.3, -0.25) is 0 Å². The molecule has 1 unspecified atom stereocenters. The van der Waals surface area contributed by atoms with Gasteiger partial charge < -0.3 is 5.11 Å². The molecule has 0 saturated carbocycles. The minimum absolute atomic E-state index is 0.289. The fourth-order valence-corrected chi connectivity index (χ4v) is 3.07. The molecule has 0 bridgehead atoms. The average Bonchev–Trinajstić information content (AvgIpc) is 2.30. The number of hydrogen-bond donors (Lipinski definition) is 1. The Balaban J connectivity index is 2.79. The summed E-state index contributed by atoms with van der Waals surface area (Å²) in [4.78, 5) is 2.31. The van der Waals surface area contributed by atoms with Crippen molar-refractivity contribution in [3.05, 3.63) is 20.3 Å². The van der Waals surface area contributed by atoms with Crippen LogP contribution in [0.3, 0.4) is 0 Å². The van der Waals surface area contributed by atoms with E-state index in [2.05, 4.69) is 35.8 Å². The number of aliphatic hydroxyl groups is 1. The largest absolute Gasteiger partial charge is 0.388 e. The third-order valence-electron chi connectivity index (χ3n) is 1.70. The highest BCUT2D eigenvalue weighted by Crippen LogP contribution is 2.33. The molecule has 0 fully saturated rings. The maximum atomic E-state index is 9.70. The first kappa shape index (κ1) is 10.2. The molecule has 3 heteroatoms. The van der Waals surface area contributed by atoms with Crippen LogP contribution in [0.15, 0.2) is 10.5 Å². The number of thiophene rings is 1. The molecule has 12 heavy (non-hydrogen) atoms. The molecule has 1 aromatic heterocycles. The monoisotopic (exact) mass is 248 g/mol. The second-order valence-electron chi connectivity index (χ2n) is 2.87. The quantitative estimate of drug-likeness (QED) is 0.866. The van der Waals surface area contributed by atoms with Gasteiger partial charge in [0.1, 0.15) is 0 Å². The van der Waals surface area contributed by atoms with Crippen molar-refractivity contribution in [1.82, 2.24) is 0 Å². The van der Waals surface area contributed by atoms with E-state index >= 15 is 0 Å². The standard InChI is InChI=1S/C9H13BrOS/c1-3-4-8(11)9-7(10)5-6(2)12-9/h5,8,11H,3-4H2,1-2H3. The van der Waals surface area contributed by atoms with Gasteiger partial charge in [-0.05, 0) is 35.3 Å². The molecule has 68 valence electrons. The van der Waals surface area contributed by atoms with Crippen LogP contribution in [0.1, 0.15) is 35.6 Å². The highest BCUT2D eigenvalue weighted by molar-refractivity contribution is 9.10. The lowest BCUT2D eigenvalue weighted by molar-refractivity contribution is 0.169. The predicted molar refractivity (Wildman–Crippen MR) is 56.6 cm³/mol. The molecule has 1 rings (SSSR count). The van der Waals surface area contributed by atoms with Crippen molar-refractivity contribution in [2.45, 2.75) is 32.8 Å². The normalized spacial score (nSPS) is 13.3. The van der Waals surface area contributed by atoms with E-state index in [0.717, 1.165) is 22.2 Å². The van der Waals surface area contributed by atoms with Crippen LogP contribution in [-0.2, 0) is 0 Å².